The van der Waals surface area contributed by atoms with E-state index in [1.54, 1.807) is 6.21 Å². The van der Waals surface area contributed by atoms with Crippen LogP contribution in [0.3, 0.4) is 0 Å². The molecule has 0 amide bonds. The Hall–Kier alpha value is -0.831. The van der Waals surface area contributed by atoms with E-state index < -0.39 is 0 Å². The molecule has 142 valence electrons. The summed E-state index contributed by atoms with van der Waals surface area (Å²) in [4.78, 5) is 4.40. The average Bonchev–Trinajstić information content (AvgIpc) is 3.32. The minimum absolute atomic E-state index is 0. The molecule has 1 aromatic rings. The standard InChI is InChI=1S/C18H22NO2.C5H5.Fe/c1-18(2,3)15-10-6-9-14(17(15)21)11-19-16(12-20)13-7-4-5-8-13;1-2-4-5-3-1;/h4-11,16,20-21H,12H2,1-3H3;1-5H;/q;;+2/t16-;;/m0../s1. The van der Waals surface area contributed by atoms with E-state index in [9.17, 15) is 10.2 Å². The van der Waals surface area contributed by atoms with Crippen molar-refractivity contribution in [1.29, 1.82) is 0 Å². The largest absolute Gasteiger partial charge is 2.00 e. The molecule has 0 saturated heterocycles. The molecule has 4 heteroatoms. The fraction of sp³-hybridized carbons (Fsp3) is 0.261. The van der Waals surface area contributed by atoms with Crippen LogP contribution in [-0.2, 0) is 22.5 Å². The summed E-state index contributed by atoms with van der Waals surface area (Å²) in [7, 11) is 0. The first kappa shape index (κ1) is 24.2. The molecule has 0 bridgehead atoms. The first-order valence-corrected chi connectivity index (χ1v) is 8.78. The van der Waals surface area contributed by atoms with E-state index in [-0.39, 0.29) is 40.9 Å². The number of aliphatic hydroxyl groups is 1. The monoisotopic (exact) mass is 405 g/mol. The van der Waals surface area contributed by atoms with Gasteiger partial charge in [-0.25, -0.2) is 0 Å². The predicted molar refractivity (Wildman–Crippen MR) is 107 cm³/mol. The van der Waals surface area contributed by atoms with Gasteiger partial charge >= 0.3 is 17.1 Å². The molecule has 3 nitrogen and oxygen atoms in total. The topological polar surface area (TPSA) is 52.8 Å². The third kappa shape index (κ3) is 7.60. The van der Waals surface area contributed by atoms with E-state index in [0.717, 1.165) is 11.5 Å². The molecule has 1 atom stereocenters. The van der Waals surface area contributed by atoms with Gasteiger partial charge in [0.05, 0.1) is 12.6 Å². The number of aliphatic imine (C=N–C) groups is 1. The first-order chi connectivity index (χ1) is 12.4. The molecule has 0 spiro atoms. The summed E-state index contributed by atoms with van der Waals surface area (Å²) in [6.45, 7) is 6.12. The quantitative estimate of drug-likeness (QED) is 0.590. The van der Waals surface area contributed by atoms with Crippen LogP contribution >= 0.6 is 0 Å². The number of phenolic OH excluding ortho intramolecular Hbond substituents is 1. The van der Waals surface area contributed by atoms with E-state index >= 15 is 0 Å². The van der Waals surface area contributed by atoms with Crippen molar-refractivity contribution in [2.24, 2.45) is 4.99 Å². The Morgan fingerprint density at radius 1 is 0.963 bits per heavy atom. The molecule has 2 aliphatic carbocycles. The van der Waals surface area contributed by atoms with Crippen LogP contribution in [0.2, 0.25) is 0 Å². The number of benzene rings is 1. The van der Waals surface area contributed by atoms with Crippen LogP contribution < -0.4 is 0 Å². The van der Waals surface area contributed by atoms with Crippen LogP contribution in [0.5, 0.6) is 5.75 Å². The Kier molecular flexibility index (Phi) is 10.7. The Labute approximate surface area is 176 Å². The normalized spacial score (nSPS) is 18.8. The number of para-hydroxylation sites is 1. The van der Waals surface area contributed by atoms with E-state index in [2.05, 4.69) is 25.8 Å². The van der Waals surface area contributed by atoms with Gasteiger partial charge in [-0.1, -0.05) is 32.9 Å². The van der Waals surface area contributed by atoms with Gasteiger partial charge in [-0.2, -0.15) is 0 Å². The molecular weight excluding hydrogens is 378 g/mol. The van der Waals surface area contributed by atoms with Crippen molar-refractivity contribution in [3.63, 3.8) is 0 Å². The van der Waals surface area contributed by atoms with Crippen molar-refractivity contribution < 1.29 is 27.3 Å². The summed E-state index contributed by atoms with van der Waals surface area (Å²) in [6, 6.07) is 5.37. The molecule has 2 N–H and O–H groups in total. The number of hydrogen-bond acceptors (Lipinski definition) is 3. The molecule has 3 rings (SSSR count). The maximum atomic E-state index is 10.4. The molecule has 0 unspecified atom stereocenters. The fourth-order valence-electron chi connectivity index (χ4n) is 2.61. The zero-order valence-corrected chi connectivity index (χ0v) is 17.1. The summed E-state index contributed by atoms with van der Waals surface area (Å²) in [5.41, 5.74) is 1.43. The van der Waals surface area contributed by atoms with E-state index in [0.29, 0.717) is 5.56 Å². The van der Waals surface area contributed by atoms with Crippen molar-refractivity contribution in [1.82, 2.24) is 0 Å². The Morgan fingerprint density at radius 3 is 2.00 bits per heavy atom. The van der Waals surface area contributed by atoms with Crippen LogP contribution in [0.1, 0.15) is 31.9 Å². The maximum Gasteiger partial charge on any atom is 2.00 e. The summed E-state index contributed by atoms with van der Waals surface area (Å²) >= 11 is 0. The van der Waals surface area contributed by atoms with Gasteiger partial charge in [-0.15, -0.1) is 0 Å². The second-order valence-corrected chi connectivity index (χ2v) is 7.15. The fourth-order valence-corrected chi connectivity index (χ4v) is 2.61. The first-order valence-electron chi connectivity index (χ1n) is 8.78. The van der Waals surface area contributed by atoms with Crippen molar-refractivity contribution in [2.75, 3.05) is 6.61 Å². The summed E-state index contributed by atoms with van der Waals surface area (Å²) < 4.78 is 0. The zero-order valence-electron chi connectivity index (χ0n) is 16.0. The van der Waals surface area contributed by atoms with E-state index in [1.807, 2.05) is 76.0 Å². The molecule has 1 aromatic carbocycles. The molecular formula is C23H27FeNO2+2. The van der Waals surface area contributed by atoms with Crippen LogP contribution in [0, 0.1) is 63.7 Å². The summed E-state index contributed by atoms with van der Waals surface area (Å²) in [5.74, 6) is 1.23. The van der Waals surface area contributed by atoms with Crippen molar-refractivity contribution in [3.05, 3.63) is 93.0 Å². The number of nitrogens with zero attached hydrogens (tertiary/aromatic N) is 1. The minimum atomic E-state index is -0.294. The molecule has 0 heterocycles. The third-order valence-electron chi connectivity index (χ3n) is 4.07. The summed E-state index contributed by atoms with van der Waals surface area (Å²) in [5, 5.41) is 19.8. The number of hydrogen-bond donors (Lipinski definition) is 2. The molecule has 27 heavy (non-hydrogen) atoms. The van der Waals surface area contributed by atoms with E-state index in [1.165, 1.54) is 0 Å². The SMILES string of the molecule is CC(C)(C)c1cccc(C=N[C@@H](CO)[C]2[CH][CH][CH][CH]2)c1O.[CH]1[CH][CH][CH][CH]1.[Fe+2]. The van der Waals surface area contributed by atoms with Crippen LogP contribution in [0.4, 0.5) is 0 Å². The van der Waals surface area contributed by atoms with Gasteiger partial charge < -0.3 is 10.2 Å². The second-order valence-electron chi connectivity index (χ2n) is 7.15. The Bertz CT molecular complexity index is 563. The smallest absolute Gasteiger partial charge is 0.507 e. The van der Waals surface area contributed by atoms with Gasteiger partial charge in [0.25, 0.3) is 0 Å². The summed E-state index contributed by atoms with van der Waals surface area (Å²) in [6.07, 6.45) is 19.3. The van der Waals surface area contributed by atoms with E-state index in [4.69, 9.17) is 0 Å². The van der Waals surface area contributed by atoms with Gasteiger partial charge in [0.15, 0.2) is 0 Å². The molecule has 2 saturated carbocycles. The number of phenols is 1. The molecule has 0 aromatic heterocycles. The van der Waals surface area contributed by atoms with Crippen LogP contribution in [0.25, 0.3) is 0 Å². The zero-order chi connectivity index (χ0) is 19.0. The average molecular weight is 405 g/mol. The van der Waals surface area contributed by atoms with Gasteiger partial charge in [0.1, 0.15) is 5.75 Å². The van der Waals surface area contributed by atoms with Gasteiger partial charge in [0, 0.05) is 17.7 Å². The molecule has 2 fully saturated rings. The van der Waals surface area contributed by atoms with Gasteiger partial charge in [-0.05, 0) is 74.8 Å². The number of rotatable bonds is 4. The number of aromatic hydroxyl groups is 1. The number of aliphatic hydroxyl groups excluding tert-OH is 1. The third-order valence-corrected chi connectivity index (χ3v) is 4.07. The van der Waals surface area contributed by atoms with Crippen LogP contribution in [-0.4, -0.2) is 29.1 Å². The molecule has 0 aliphatic heterocycles. The molecule has 2 aliphatic rings. The van der Waals surface area contributed by atoms with Crippen molar-refractivity contribution >= 4 is 6.21 Å². The predicted octanol–water partition coefficient (Wildman–Crippen LogP) is 3.89. The minimum Gasteiger partial charge on any atom is -0.507 e. The van der Waals surface area contributed by atoms with Gasteiger partial charge in [0.2, 0.25) is 0 Å². The Morgan fingerprint density at radius 2 is 1.52 bits per heavy atom. The van der Waals surface area contributed by atoms with Gasteiger partial charge in [-0.3, -0.25) is 4.99 Å². The molecule has 10 radical (unpaired) electrons. The second kappa shape index (κ2) is 11.9. The van der Waals surface area contributed by atoms with Crippen molar-refractivity contribution in [3.8, 4) is 5.75 Å². The Balaban J connectivity index is 0.000000526. The van der Waals surface area contributed by atoms with Crippen molar-refractivity contribution in [2.45, 2.75) is 32.2 Å². The maximum absolute atomic E-state index is 10.4. The van der Waals surface area contributed by atoms with Crippen LogP contribution in [0.15, 0.2) is 23.2 Å².